The van der Waals surface area contributed by atoms with E-state index in [2.05, 4.69) is 113 Å². The predicted octanol–water partition coefficient (Wildman–Crippen LogP) is 23.0. The van der Waals surface area contributed by atoms with E-state index in [0.29, 0.717) is 25.7 Å². The summed E-state index contributed by atoms with van der Waals surface area (Å²) in [6.45, 7) is 4.73. The number of unbranched alkanes of at least 4 members (excludes halogenated alkanes) is 35. The Morgan fingerprint density at radius 2 is 0.520 bits per heavy atom. The van der Waals surface area contributed by atoms with Crippen LogP contribution in [0.25, 0.3) is 0 Å². The zero-order valence-corrected chi connectivity index (χ0v) is 65.2. The molecule has 0 fully saturated rings. The first-order chi connectivity index (χ1) is 48.7. The maximum atomic E-state index is 13.1. The number of phosphoric acid groups is 2. The van der Waals surface area contributed by atoms with Crippen molar-refractivity contribution in [1.29, 1.82) is 0 Å². The van der Waals surface area contributed by atoms with E-state index >= 15 is 0 Å². The summed E-state index contributed by atoms with van der Waals surface area (Å²) in [4.78, 5) is 72.9. The summed E-state index contributed by atoms with van der Waals surface area (Å²) in [5.74, 6) is -2.19. The highest BCUT2D eigenvalue weighted by atomic mass is 31.2. The monoisotopic (exact) mass is 1450 g/mol. The van der Waals surface area contributed by atoms with Gasteiger partial charge >= 0.3 is 39.5 Å². The number of ether oxygens (including phenoxy) is 4. The Labute approximate surface area is 608 Å². The van der Waals surface area contributed by atoms with Gasteiger partial charge in [-0.1, -0.05) is 305 Å². The number of hydrogen-bond acceptors (Lipinski definition) is 15. The number of rotatable bonds is 75. The Hall–Kier alpha value is -3.76. The van der Waals surface area contributed by atoms with Crippen LogP contribution in [0.15, 0.2) is 85.1 Å². The van der Waals surface area contributed by atoms with Crippen molar-refractivity contribution in [2.24, 2.45) is 0 Å². The molecule has 0 saturated carbocycles. The van der Waals surface area contributed by atoms with Crippen molar-refractivity contribution in [3.05, 3.63) is 85.1 Å². The largest absolute Gasteiger partial charge is 0.472 e. The number of esters is 4. The van der Waals surface area contributed by atoms with Gasteiger partial charge in [-0.05, 0) is 103 Å². The molecule has 0 radical (unpaired) electrons. The molecule has 0 saturated heterocycles. The fraction of sp³-hybridized carbons (Fsp3) is 0.778. The Morgan fingerprint density at radius 3 is 0.820 bits per heavy atom. The number of aliphatic hydroxyl groups excluding tert-OH is 1. The minimum atomic E-state index is -4.97. The van der Waals surface area contributed by atoms with Gasteiger partial charge in [0, 0.05) is 25.7 Å². The SMILES string of the molecule is CC/C=C\C/C=C\C/C=C\C/C=C\CCCCCCC(=O)OCC(COP(=O)(O)OCC(O)COP(=O)(O)OCC(COC(=O)CCCCCCCC/C=C\C/C=C\C/C=C\CCCCC)OC(=O)CCCCCCCCCCCCC)OC(=O)CCCCCCCCCCCCCCC. The lowest BCUT2D eigenvalue weighted by atomic mass is 10.0. The first-order valence-electron chi connectivity index (χ1n) is 39.8. The Kier molecular flexibility index (Phi) is 70.8. The van der Waals surface area contributed by atoms with E-state index in [9.17, 15) is 43.2 Å². The molecule has 580 valence electrons. The van der Waals surface area contributed by atoms with Gasteiger partial charge < -0.3 is 33.8 Å². The van der Waals surface area contributed by atoms with Crippen LogP contribution in [0, 0.1) is 0 Å². The van der Waals surface area contributed by atoms with Gasteiger partial charge in [-0.15, -0.1) is 0 Å². The third kappa shape index (κ3) is 72.6. The summed E-state index contributed by atoms with van der Waals surface area (Å²) in [6, 6.07) is 0. The number of aliphatic hydroxyl groups is 1. The van der Waals surface area contributed by atoms with E-state index < -0.39 is 97.5 Å². The normalized spacial score (nSPS) is 14.3. The van der Waals surface area contributed by atoms with Crippen molar-refractivity contribution in [2.75, 3.05) is 39.6 Å². The third-order valence-corrected chi connectivity index (χ3v) is 18.8. The molecule has 0 rings (SSSR count). The quantitative estimate of drug-likeness (QED) is 0.0169. The summed E-state index contributed by atoms with van der Waals surface area (Å²) >= 11 is 0. The first kappa shape index (κ1) is 96.2. The maximum Gasteiger partial charge on any atom is 0.472 e. The molecule has 17 nitrogen and oxygen atoms in total. The van der Waals surface area contributed by atoms with Crippen LogP contribution in [-0.4, -0.2) is 96.7 Å². The number of carbonyl (C=O) groups excluding carboxylic acids is 4. The van der Waals surface area contributed by atoms with Crippen LogP contribution in [0.5, 0.6) is 0 Å². The molecule has 0 aliphatic carbocycles. The van der Waals surface area contributed by atoms with Crippen LogP contribution >= 0.6 is 15.6 Å². The van der Waals surface area contributed by atoms with Gasteiger partial charge in [0.2, 0.25) is 0 Å². The van der Waals surface area contributed by atoms with Gasteiger partial charge in [-0.2, -0.15) is 0 Å². The van der Waals surface area contributed by atoms with E-state index in [1.807, 2.05) is 0 Å². The number of allylic oxidation sites excluding steroid dienone is 14. The Bertz CT molecular complexity index is 2230. The molecular formula is C81H144O17P2. The van der Waals surface area contributed by atoms with Gasteiger partial charge in [-0.25, -0.2) is 9.13 Å². The molecule has 5 unspecified atom stereocenters. The second-order valence-corrected chi connectivity index (χ2v) is 29.5. The molecule has 0 aromatic heterocycles. The Morgan fingerprint density at radius 1 is 0.290 bits per heavy atom. The second-order valence-electron chi connectivity index (χ2n) is 26.6. The summed E-state index contributed by atoms with van der Waals surface area (Å²) in [7, 11) is -9.95. The molecule has 0 aliphatic heterocycles. The zero-order valence-electron chi connectivity index (χ0n) is 63.4. The lowest BCUT2D eigenvalue weighted by Crippen LogP contribution is -2.30. The van der Waals surface area contributed by atoms with Crippen molar-refractivity contribution in [1.82, 2.24) is 0 Å². The number of phosphoric ester groups is 2. The molecule has 0 aliphatic rings. The summed E-state index contributed by atoms with van der Waals surface area (Å²) in [6.07, 6.45) is 75.6. The topological polar surface area (TPSA) is 237 Å². The second kappa shape index (κ2) is 73.5. The van der Waals surface area contributed by atoms with Gasteiger partial charge in [0.05, 0.1) is 26.4 Å². The molecule has 0 aromatic rings. The standard InChI is InChI=1S/C81H144O17P2/c1-5-9-13-17-21-25-29-32-34-36-37-39-41-44-47-50-54-58-62-66-78(83)91-71-76(97-80(85)67-63-59-55-51-45-28-24-20-16-12-8-4)73-95-99(87,88)93-69-75(82)70-94-100(89,90)96-74-77(98-81(86)68-64-60-56-52-48-42-31-27-23-19-15-11-7-3)72-92-79(84)65-61-57-53-49-46-43-40-38-35-33-30-26-22-18-14-10-6-2/h10,14,21-22,25-26,32-35,37,39-40,43,75-77,82H,5-9,11-13,15-20,23-24,27-31,36,38,41-42,44-74H2,1-4H3,(H,87,88)(H,89,90)/b14-10-,25-21-,26-22-,34-32-,35-33-,39-37-,43-40-. The fourth-order valence-corrected chi connectivity index (χ4v) is 12.4. The van der Waals surface area contributed by atoms with Crippen molar-refractivity contribution < 1.29 is 80.2 Å². The van der Waals surface area contributed by atoms with E-state index in [1.54, 1.807) is 0 Å². The molecule has 0 bridgehead atoms. The van der Waals surface area contributed by atoms with Crippen LogP contribution < -0.4 is 0 Å². The van der Waals surface area contributed by atoms with Crippen LogP contribution in [0.2, 0.25) is 0 Å². The van der Waals surface area contributed by atoms with E-state index in [-0.39, 0.29) is 25.7 Å². The zero-order chi connectivity index (χ0) is 73.2. The van der Waals surface area contributed by atoms with Gasteiger partial charge in [0.1, 0.15) is 19.3 Å². The fourth-order valence-electron chi connectivity index (χ4n) is 10.8. The Balaban J connectivity index is 5.30. The van der Waals surface area contributed by atoms with Crippen LogP contribution in [0.4, 0.5) is 0 Å². The van der Waals surface area contributed by atoms with Crippen molar-refractivity contribution in [2.45, 2.75) is 367 Å². The predicted molar refractivity (Wildman–Crippen MR) is 409 cm³/mol. The summed E-state index contributed by atoms with van der Waals surface area (Å²) in [5.41, 5.74) is 0. The molecule has 100 heavy (non-hydrogen) atoms. The molecule has 5 atom stereocenters. The highest BCUT2D eigenvalue weighted by Crippen LogP contribution is 2.45. The van der Waals surface area contributed by atoms with E-state index in [1.165, 1.54) is 109 Å². The van der Waals surface area contributed by atoms with Gasteiger partial charge in [-0.3, -0.25) is 37.3 Å². The van der Waals surface area contributed by atoms with Gasteiger partial charge in [0.25, 0.3) is 0 Å². The highest BCUT2D eigenvalue weighted by molar-refractivity contribution is 7.47. The average molecular weight is 1450 g/mol. The highest BCUT2D eigenvalue weighted by Gasteiger charge is 2.30. The maximum absolute atomic E-state index is 13.1. The molecular weight excluding hydrogens is 1310 g/mol. The molecule has 0 spiro atoms. The van der Waals surface area contributed by atoms with Crippen molar-refractivity contribution in [3.8, 4) is 0 Å². The summed E-state index contributed by atoms with van der Waals surface area (Å²) < 4.78 is 68.5. The lowest BCUT2D eigenvalue weighted by molar-refractivity contribution is -0.161. The number of carbonyl (C=O) groups is 4. The first-order valence-corrected chi connectivity index (χ1v) is 42.8. The smallest absolute Gasteiger partial charge is 0.462 e. The van der Waals surface area contributed by atoms with E-state index in [0.717, 1.165) is 161 Å². The number of hydrogen-bond donors (Lipinski definition) is 3. The van der Waals surface area contributed by atoms with Gasteiger partial charge in [0.15, 0.2) is 12.2 Å². The average Bonchev–Trinajstić information content (AvgIpc) is 0.939. The van der Waals surface area contributed by atoms with Crippen LogP contribution in [0.3, 0.4) is 0 Å². The minimum Gasteiger partial charge on any atom is -0.462 e. The molecule has 19 heteroatoms. The van der Waals surface area contributed by atoms with Crippen LogP contribution in [-0.2, 0) is 65.4 Å². The molecule has 3 N–H and O–H groups in total. The van der Waals surface area contributed by atoms with Crippen molar-refractivity contribution in [3.63, 3.8) is 0 Å². The van der Waals surface area contributed by atoms with Crippen molar-refractivity contribution >= 4 is 39.5 Å². The lowest BCUT2D eigenvalue weighted by Gasteiger charge is -2.21. The molecule has 0 amide bonds. The molecule has 0 heterocycles. The molecule has 0 aromatic carbocycles. The van der Waals surface area contributed by atoms with Crippen LogP contribution in [0.1, 0.15) is 349 Å². The minimum absolute atomic E-state index is 0.0936. The third-order valence-electron chi connectivity index (χ3n) is 16.9. The summed E-state index contributed by atoms with van der Waals surface area (Å²) in [5, 5.41) is 10.6. The van der Waals surface area contributed by atoms with E-state index in [4.69, 9.17) is 37.0 Å².